The van der Waals surface area contributed by atoms with E-state index in [-0.39, 0.29) is 23.4 Å². The summed E-state index contributed by atoms with van der Waals surface area (Å²) in [6, 6.07) is 5.06. The Morgan fingerprint density at radius 1 is 1.29 bits per heavy atom. The SMILES string of the molecule is CC(=O)C1=C(O)C(=O)N(Cc2cc(F)cc(F)c2)C1c1ccco1. The van der Waals surface area contributed by atoms with Crippen molar-refractivity contribution in [3.63, 3.8) is 0 Å². The summed E-state index contributed by atoms with van der Waals surface area (Å²) >= 11 is 0. The van der Waals surface area contributed by atoms with E-state index in [4.69, 9.17) is 4.42 Å². The van der Waals surface area contributed by atoms with Gasteiger partial charge in [0.2, 0.25) is 0 Å². The number of amides is 1. The molecule has 0 saturated heterocycles. The van der Waals surface area contributed by atoms with Crippen LogP contribution in [0.25, 0.3) is 0 Å². The molecule has 0 aliphatic carbocycles. The zero-order chi connectivity index (χ0) is 17.4. The Labute approximate surface area is 135 Å². The van der Waals surface area contributed by atoms with Gasteiger partial charge in [-0.2, -0.15) is 0 Å². The summed E-state index contributed by atoms with van der Waals surface area (Å²) in [5.74, 6) is -3.26. The Hall–Kier alpha value is -2.96. The summed E-state index contributed by atoms with van der Waals surface area (Å²) < 4.78 is 32.0. The van der Waals surface area contributed by atoms with E-state index in [1.807, 2.05) is 0 Å². The van der Waals surface area contributed by atoms with Crippen molar-refractivity contribution in [1.82, 2.24) is 4.90 Å². The van der Waals surface area contributed by atoms with Crippen LogP contribution in [0.4, 0.5) is 8.78 Å². The van der Waals surface area contributed by atoms with Gasteiger partial charge in [0.15, 0.2) is 11.5 Å². The molecular formula is C17H13F2NO4. The number of furan rings is 1. The van der Waals surface area contributed by atoms with E-state index in [1.54, 1.807) is 12.1 Å². The average molecular weight is 333 g/mol. The normalized spacial score (nSPS) is 17.7. The van der Waals surface area contributed by atoms with E-state index < -0.39 is 35.1 Å². The van der Waals surface area contributed by atoms with Crippen molar-refractivity contribution >= 4 is 11.7 Å². The molecule has 1 amide bonds. The molecule has 24 heavy (non-hydrogen) atoms. The van der Waals surface area contributed by atoms with Gasteiger partial charge >= 0.3 is 0 Å². The van der Waals surface area contributed by atoms with Crippen molar-refractivity contribution < 1.29 is 27.9 Å². The largest absolute Gasteiger partial charge is 0.503 e. The lowest BCUT2D eigenvalue weighted by Gasteiger charge is -2.24. The highest BCUT2D eigenvalue weighted by atomic mass is 19.1. The van der Waals surface area contributed by atoms with Gasteiger partial charge in [0.1, 0.15) is 23.4 Å². The number of hydrogen-bond donors (Lipinski definition) is 1. The third-order valence-corrected chi connectivity index (χ3v) is 3.77. The van der Waals surface area contributed by atoms with Crippen LogP contribution in [-0.2, 0) is 16.1 Å². The smallest absolute Gasteiger partial charge is 0.290 e. The zero-order valence-electron chi connectivity index (χ0n) is 12.6. The maximum atomic E-state index is 13.4. The zero-order valence-corrected chi connectivity index (χ0v) is 12.6. The van der Waals surface area contributed by atoms with E-state index in [2.05, 4.69) is 0 Å². The average Bonchev–Trinajstić information content (AvgIpc) is 3.08. The number of carbonyl (C=O) groups excluding carboxylic acids is 2. The monoisotopic (exact) mass is 333 g/mol. The second kappa shape index (κ2) is 5.92. The molecule has 2 heterocycles. The van der Waals surface area contributed by atoms with Gasteiger partial charge in [-0.15, -0.1) is 0 Å². The van der Waals surface area contributed by atoms with Crippen molar-refractivity contribution in [3.05, 3.63) is 70.9 Å². The van der Waals surface area contributed by atoms with Crippen molar-refractivity contribution in [2.75, 3.05) is 0 Å². The number of halogens is 2. The van der Waals surface area contributed by atoms with Crippen LogP contribution < -0.4 is 0 Å². The highest BCUT2D eigenvalue weighted by molar-refractivity contribution is 6.07. The predicted molar refractivity (Wildman–Crippen MR) is 78.7 cm³/mol. The third kappa shape index (κ3) is 2.68. The van der Waals surface area contributed by atoms with Crippen molar-refractivity contribution in [2.45, 2.75) is 19.5 Å². The first-order chi connectivity index (χ1) is 11.4. The van der Waals surface area contributed by atoms with Gasteiger partial charge in [-0.25, -0.2) is 8.78 Å². The quantitative estimate of drug-likeness (QED) is 0.933. The van der Waals surface area contributed by atoms with Crippen LogP contribution in [0.3, 0.4) is 0 Å². The summed E-state index contributed by atoms with van der Waals surface area (Å²) in [5, 5.41) is 10.0. The number of benzene rings is 1. The Morgan fingerprint density at radius 2 is 1.96 bits per heavy atom. The molecule has 1 aliphatic rings. The fourth-order valence-corrected chi connectivity index (χ4v) is 2.82. The van der Waals surface area contributed by atoms with E-state index in [0.29, 0.717) is 0 Å². The van der Waals surface area contributed by atoms with Gasteiger partial charge in [-0.3, -0.25) is 9.59 Å². The Balaban J connectivity index is 2.02. The number of aliphatic hydroxyl groups is 1. The minimum absolute atomic E-state index is 0.105. The highest BCUT2D eigenvalue weighted by Crippen LogP contribution is 2.38. The molecule has 0 radical (unpaired) electrons. The molecule has 1 N–H and O–H groups in total. The van der Waals surface area contributed by atoms with Crippen LogP contribution in [0, 0.1) is 11.6 Å². The number of aliphatic hydroxyl groups excluding tert-OH is 1. The number of nitrogens with zero attached hydrogens (tertiary/aromatic N) is 1. The number of carbonyl (C=O) groups is 2. The summed E-state index contributed by atoms with van der Waals surface area (Å²) in [6.45, 7) is 1.03. The lowest BCUT2D eigenvalue weighted by molar-refractivity contribution is -0.130. The predicted octanol–water partition coefficient (Wildman–Crippen LogP) is 3.04. The maximum absolute atomic E-state index is 13.4. The lowest BCUT2D eigenvalue weighted by Crippen LogP contribution is -2.30. The molecule has 1 aromatic heterocycles. The lowest BCUT2D eigenvalue weighted by atomic mass is 10.0. The van der Waals surface area contributed by atoms with Gasteiger partial charge < -0.3 is 14.4 Å². The van der Waals surface area contributed by atoms with E-state index >= 15 is 0 Å². The first kappa shape index (κ1) is 15.9. The summed E-state index contributed by atoms with van der Waals surface area (Å²) in [6.07, 6.45) is 1.37. The molecule has 124 valence electrons. The second-order valence-electron chi connectivity index (χ2n) is 5.45. The van der Waals surface area contributed by atoms with Crippen LogP contribution in [0.15, 0.2) is 52.3 Å². The molecule has 5 nitrogen and oxygen atoms in total. The molecule has 3 rings (SSSR count). The van der Waals surface area contributed by atoms with Crippen LogP contribution in [-0.4, -0.2) is 21.7 Å². The number of rotatable bonds is 4. The Morgan fingerprint density at radius 3 is 2.50 bits per heavy atom. The fourth-order valence-electron chi connectivity index (χ4n) is 2.82. The summed E-state index contributed by atoms with van der Waals surface area (Å²) in [5.41, 5.74) is 0.0850. The number of Topliss-reactive ketones (excluding diaryl/α,β-unsaturated/α-hetero) is 1. The first-order valence-corrected chi connectivity index (χ1v) is 7.12. The third-order valence-electron chi connectivity index (χ3n) is 3.77. The fraction of sp³-hybridized carbons (Fsp3) is 0.176. The minimum Gasteiger partial charge on any atom is -0.503 e. The van der Waals surface area contributed by atoms with Crippen LogP contribution in [0.1, 0.15) is 24.3 Å². The number of hydrogen-bond acceptors (Lipinski definition) is 4. The second-order valence-corrected chi connectivity index (χ2v) is 5.45. The van der Waals surface area contributed by atoms with Crippen LogP contribution >= 0.6 is 0 Å². The van der Waals surface area contributed by atoms with E-state index in [9.17, 15) is 23.5 Å². The Kier molecular flexibility index (Phi) is 3.92. The van der Waals surface area contributed by atoms with Crippen molar-refractivity contribution in [1.29, 1.82) is 0 Å². The van der Waals surface area contributed by atoms with Gasteiger partial charge in [0.05, 0.1) is 11.8 Å². The Bertz CT molecular complexity index is 822. The van der Waals surface area contributed by atoms with Gasteiger partial charge in [0.25, 0.3) is 5.91 Å². The topological polar surface area (TPSA) is 70.8 Å². The molecule has 1 aliphatic heterocycles. The van der Waals surface area contributed by atoms with Crippen LogP contribution in [0.5, 0.6) is 0 Å². The highest BCUT2D eigenvalue weighted by Gasteiger charge is 2.43. The van der Waals surface area contributed by atoms with E-state index in [0.717, 1.165) is 23.1 Å². The molecule has 0 spiro atoms. The van der Waals surface area contributed by atoms with Crippen molar-refractivity contribution in [2.24, 2.45) is 0 Å². The molecule has 7 heteroatoms. The molecule has 0 saturated carbocycles. The summed E-state index contributed by atoms with van der Waals surface area (Å²) in [7, 11) is 0. The molecule has 0 fully saturated rings. The van der Waals surface area contributed by atoms with E-state index in [1.165, 1.54) is 13.2 Å². The van der Waals surface area contributed by atoms with Gasteiger partial charge in [0, 0.05) is 12.6 Å². The van der Waals surface area contributed by atoms with Crippen molar-refractivity contribution in [3.8, 4) is 0 Å². The van der Waals surface area contributed by atoms with Crippen LogP contribution in [0.2, 0.25) is 0 Å². The van der Waals surface area contributed by atoms with Gasteiger partial charge in [-0.1, -0.05) is 0 Å². The molecular weight excluding hydrogens is 320 g/mol. The first-order valence-electron chi connectivity index (χ1n) is 7.12. The summed E-state index contributed by atoms with van der Waals surface area (Å²) in [4.78, 5) is 25.3. The maximum Gasteiger partial charge on any atom is 0.290 e. The molecule has 2 aromatic rings. The minimum atomic E-state index is -0.948. The number of ketones is 1. The standard InChI is InChI=1S/C17H13F2NO4/c1-9(21)14-15(13-3-2-4-24-13)20(17(23)16(14)22)8-10-5-11(18)7-12(19)6-10/h2-7,15,22H,8H2,1H3. The molecule has 1 aromatic carbocycles. The molecule has 1 unspecified atom stereocenters. The van der Waals surface area contributed by atoms with Gasteiger partial charge in [-0.05, 0) is 36.8 Å². The molecule has 1 atom stereocenters. The molecule has 0 bridgehead atoms.